The van der Waals surface area contributed by atoms with E-state index in [-0.39, 0.29) is 23.4 Å². The molecule has 2 bridgehead atoms. The predicted octanol–water partition coefficient (Wildman–Crippen LogP) is 6.22. The first-order valence-corrected chi connectivity index (χ1v) is 15.1. The number of fused-ring (bicyclic) bond motifs is 2. The van der Waals surface area contributed by atoms with E-state index in [9.17, 15) is 9.59 Å². The van der Waals surface area contributed by atoms with Gasteiger partial charge in [0.25, 0.3) is 0 Å². The first-order valence-electron chi connectivity index (χ1n) is 12.2. The third-order valence-electron chi connectivity index (χ3n) is 6.68. The van der Waals surface area contributed by atoms with E-state index in [1.807, 2.05) is 18.2 Å². The molecule has 2 aliphatic heterocycles. The standard InChI is InChI=1S/C27H42O5Si/c1-21-11-7-12-22-13-8-14-23(30-22)15-10-18-26(29)31-25(20-28)17-9-16-24(19-21)32-33(5,6)27(2,3)4/h8-10,14,16,18,20,22-25H,1,7,11-13,15,17,19H2,2-6H3/b16-9+,18-10-/t22-,23+,24+,25+/m1/s1. The minimum atomic E-state index is -1.99. The van der Waals surface area contributed by atoms with Crippen LogP contribution in [0.2, 0.25) is 18.1 Å². The summed E-state index contributed by atoms with van der Waals surface area (Å²) < 4.78 is 18.1. The Kier molecular flexibility index (Phi) is 10.5. The summed E-state index contributed by atoms with van der Waals surface area (Å²) in [5, 5.41) is 0.0871. The van der Waals surface area contributed by atoms with Gasteiger partial charge in [-0.1, -0.05) is 63.3 Å². The molecule has 0 amide bonds. The first-order chi connectivity index (χ1) is 15.5. The highest BCUT2D eigenvalue weighted by atomic mass is 28.4. The minimum absolute atomic E-state index is 0.0398. The van der Waals surface area contributed by atoms with E-state index in [1.165, 1.54) is 6.08 Å². The van der Waals surface area contributed by atoms with Crippen molar-refractivity contribution in [3.05, 3.63) is 48.6 Å². The Balaban J connectivity index is 2.17. The number of rotatable bonds is 3. The molecule has 2 aliphatic rings. The molecule has 0 unspecified atom stereocenters. The highest BCUT2D eigenvalue weighted by Gasteiger charge is 2.38. The Morgan fingerprint density at radius 2 is 1.85 bits per heavy atom. The van der Waals surface area contributed by atoms with Crippen LogP contribution in [0.4, 0.5) is 0 Å². The molecule has 0 radical (unpaired) electrons. The zero-order chi connectivity index (χ0) is 24.5. The van der Waals surface area contributed by atoms with Gasteiger partial charge in [-0.3, -0.25) is 4.79 Å². The van der Waals surface area contributed by atoms with Gasteiger partial charge in [0.2, 0.25) is 0 Å². The van der Waals surface area contributed by atoms with E-state index in [1.54, 1.807) is 6.08 Å². The fourth-order valence-electron chi connectivity index (χ4n) is 3.70. The van der Waals surface area contributed by atoms with Gasteiger partial charge < -0.3 is 13.9 Å². The molecule has 0 aliphatic carbocycles. The van der Waals surface area contributed by atoms with Crippen molar-refractivity contribution in [3.63, 3.8) is 0 Å². The summed E-state index contributed by atoms with van der Waals surface area (Å²) in [4.78, 5) is 23.6. The number of carbonyl (C=O) groups excluding carboxylic acids is 2. The van der Waals surface area contributed by atoms with E-state index in [0.29, 0.717) is 19.1 Å². The van der Waals surface area contributed by atoms with Crippen molar-refractivity contribution < 1.29 is 23.5 Å². The molecule has 184 valence electrons. The number of esters is 1. The molecular weight excluding hydrogens is 432 g/mol. The number of hydrogen-bond donors (Lipinski definition) is 0. The van der Waals surface area contributed by atoms with Crippen LogP contribution in [0.3, 0.4) is 0 Å². The minimum Gasteiger partial charge on any atom is -0.451 e. The van der Waals surface area contributed by atoms with E-state index < -0.39 is 20.4 Å². The lowest BCUT2D eigenvalue weighted by molar-refractivity contribution is -0.146. The van der Waals surface area contributed by atoms with Gasteiger partial charge >= 0.3 is 5.97 Å². The summed E-state index contributed by atoms with van der Waals surface area (Å²) >= 11 is 0. The van der Waals surface area contributed by atoms with Gasteiger partial charge in [0.15, 0.2) is 20.7 Å². The SMILES string of the molecule is C=C1CCC[C@@H]2CC=C[C@@H](C/C=C\C(=O)O[C@H](C=O)C/C=C/[C@H](O[Si](C)(C)C(C)(C)C)C1)O2. The summed E-state index contributed by atoms with van der Waals surface area (Å²) in [7, 11) is -1.99. The molecule has 0 spiro atoms. The van der Waals surface area contributed by atoms with E-state index in [2.05, 4.69) is 46.5 Å². The molecule has 5 nitrogen and oxygen atoms in total. The monoisotopic (exact) mass is 474 g/mol. The third kappa shape index (κ3) is 9.55. The summed E-state index contributed by atoms with van der Waals surface area (Å²) in [5.41, 5.74) is 1.16. The van der Waals surface area contributed by atoms with Crippen molar-refractivity contribution in [2.75, 3.05) is 0 Å². The topological polar surface area (TPSA) is 61.8 Å². The average Bonchev–Trinajstić information content (AvgIpc) is 2.71. The Morgan fingerprint density at radius 3 is 2.55 bits per heavy atom. The van der Waals surface area contributed by atoms with Crippen LogP contribution in [-0.4, -0.2) is 45.0 Å². The largest absolute Gasteiger partial charge is 0.451 e. The molecule has 0 saturated carbocycles. The quantitative estimate of drug-likeness (QED) is 0.210. The number of cyclic esters (lactones) is 1. The molecule has 0 aromatic heterocycles. The molecule has 0 N–H and O–H groups in total. The molecule has 2 rings (SSSR count). The molecular formula is C27H42O5Si. The molecule has 0 fully saturated rings. The highest BCUT2D eigenvalue weighted by Crippen LogP contribution is 2.38. The van der Waals surface area contributed by atoms with Crippen molar-refractivity contribution in [1.29, 1.82) is 0 Å². The number of ether oxygens (including phenoxy) is 2. The molecule has 33 heavy (non-hydrogen) atoms. The maximum absolute atomic E-state index is 12.1. The lowest BCUT2D eigenvalue weighted by atomic mass is 9.99. The zero-order valence-corrected chi connectivity index (χ0v) is 22.0. The van der Waals surface area contributed by atoms with Gasteiger partial charge in [0, 0.05) is 12.5 Å². The second kappa shape index (κ2) is 12.6. The molecule has 0 aromatic rings. The highest BCUT2D eigenvalue weighted by molar-refractivity contribution is 6.74. The van der Waals surface area contributed by atoms with Crippen molar-refractivity contribution in [1.82, 2.24) is 0 Å². The normalized spacial score (nSPS) is 30.6. The second-order valence-electron chi connectivity index (χ2n) is 10.6. The average molecular weight is 475 g/mol. The first kappa shape index (κ1) is 27.5. The number of aldehydes is 1. The maximum atomic E-state index is 12.1. The van der Waals surface area contributed by atoms with Crippen molar-refractivity contribution in [3.8, 4) is 0 Å². The summed E-state index contributed by atoms with van der Waals surface area (Å²) in [6.07, 6.45) is 16.7. The van der Waals surface area contributed by atoms with Crippen LogP contribution in [0.25, 0.3) is 0 Å². The van der Waals surface area contributed by atoms with Crippen LogP contribution in [-0.2, 0) is 23.5 Å². The lowest BCUT2D eigenvalue weighted by Gasteiger charge is -2.39. The van der Waals surface area contributed by atoms with Crippen LogP contribution in [0.5, 0.6) is 0 Å². The fourth-order valence-corrected chi connectivity index (χ4v) is 4.98. The van der Waals surface area contributed by atoms with E-state index in [4.69, 9.17) is 13.9 Å². The molecule has 6 heteroatoms. The van der Waals surface area contributed by atoms with Gasteiger partial charge in [-0.05, 0) is 56.7 Å². The second-order valence-corrected chi connectivity index (χ2v) is 15.4. The van der Waals surface area contributed by atoms with Crippen LogP contribution < -0.4 is 0 Å². The van der Waals surface area contributed by atoms with Crippen LogP contribution in [0, 0.1) is 0 Å². The molecule has 0 saturated heterocycles. The number of hydrogen-bond acceptors (Lipinski definition) is 5. The van der Waals surface area contributed by atoms with Gasteiger partial charge in [-0.15, -0.1) is 0 Å². The molecule has 2 heterocycles. The maximum Gasteiger partial charge on any atom is 0.331 e. The van der Waals surface area contributed by atoms with E-state index in [0.717, 1.165) is 37.7 Å². The van der Waals surface area contributed by atoms with Crippen LogP contribution in [0.15, 0.2) is 48.6 Å². The predicted molar refractivity (Wildman–Crippen MR) is 136 cm³/mol. The zero-order valence-electron chi connectivity index (χ0n) is 21.0. The molecule has 0 aromatic carbocycles. The Bertz CT molecular complexity index is 759. The summed E-state index contributed by atoms with van der Waals surface area (Å²) in [6.45, 7) is 15.5. The third-order valence-corrected chi connectivity index (χ3v) is 11.2. The lowest BCUT2D eigenvalue weighted by Crippen LogP contribution is -2.43. The molecule has 4 atom stereocenters. The van der Waals surface area contributed by atoms with Gasteiger partial charge in [-0.25, -0.2) is 4.79 Å². The van der Waals surface area contributed by atoms with Crippen LogP contribution >= 0.6 is 0 Å². The van der Waals surface area contributed by atoms with Gasteiger partial charge in [0.1, 0.15) is 0 Å². The van der Waals surface area contributed by atoms with Gasteiger partial charge in [0.05, 0.1) is 18.3 Å². The van der Waals surface area contributed by atoms with E-state index >= 15 is 0 Å². The van der Waals surface area contributed by atoms with Gasteiger partial charge in [-0.2, -0.15) is 0 Å². The smallest absolute Gasteiger partial charge is 0.331 e. The van der Waals surface area contributed by atoms with Crippen molar-refractivity contribution >= 4 is 20.6 Å². The van der Waals surface area contributed by atoms with Crippen molar-refractivity contribution in [2.24, 2.45) is 0 Å². The fraction of sp³-hybridized carbons (Fsp3) is 0.630. The number of carbonyl (C=O) groups is 2. The summed E-state index contributed by atoms with van der Waals surface area (Å²) in [6, 6.07) is 0. The Hall–Kier alpha value is -1.76. The Labute approximate surface area is 201 Å². The van der Waals surface area contributed by atoms with Crippen LogP contribution in [0.1, 0.15) is 65.7 Å². The van der Waals surface area contributed by atoms with Crippen molar-refractivity contribution in [2.45, 2.75) is 108 Å². The summed E-state index contributed by atoms with van der Waals surface area (Å²) in [5.74, 6) is -0.514. The Morgan fingerprint density at radius 1 is 1.12 bits per heavy atom.